The van der Waals surface area contributed by atoms with Crippen molar-refractivity contribution in [3.63, 3.8) is 0 Å². The van der Waals surface area contributed by atoms with Gasteiger partial charge < -0.3 is 8.91 Å². The van der Waals surface area contributed by atoms with Gasteiger partial charge in [0.25, 0.3) is 0 Å². The molecule has 0 atom stereocenters. The van der Waals surface area contributed by atoms with Crippen LogP contribution in [0.15, 0.2) is 0 Å². The van der Waals surface area contributed by atoms with Crippen molar-refractivity contribution in [2.75, 3.05) is 0 Å². The summed E-state index contributed by atoms with van der Waals surface area (Å²) >= 11 is 0. The molecule has 0 heterocycles. The van der Waals surface area contributed by atoms with Crippen LogP contribution in [0.3, 0.4) is 0 Å². The zero-order valence-electron chi connectivity index (χ0n) is 12.5. The molecule has 0 amide bonds. The number of hydrogen-bond donors (Lipinski definition) is 1. The molecule has 0 spiro atoms. The van der Waals surface area contributed by atoms with Crippen molar-refractivity contribution < 1.29 is 13.0 Å². The maximum atomic E-state index is 15.0. The summed E-state index contributed by atoms with van der Waals surface area (Å²) in [6.45, 7) is 15.2. The monoisotopic (exact) mass is 280 g/mol. The van der Waals surface area contributed by atoms with E-state index in [0.29, 0.717) is 0 Å². The highest BCUT2D eigenvalue weighted by Crippen LogP contribution is 2.41. The summed E-state index contributed by atoms with van der Waals surface area (Å²) in [5.74, 6) is 0. The number of rotatable bonds is 6. The summed E-state index contributed by atoms with van der Waals surface area (Å²) in [6, 6.07) is 0. The smallest absolute Gasteiger partial charge is 0.380 e. The normalized spacial score (nSPS) is 14.5. The molecule has 0 unspecified atom stereocenters. The molecule has 0 aliphatic rings. The van der Waals surface area contributed by atoms with Gasteiger partial charge in [0.05, 0.1) is 0 Å². The second-order valence-corrected chi connectivity index (χ2v) is 14.5. The maximum Gasteiger partial charge on any atom is 0.380 e. The largest absolute Gasteiger partial charge is 0.411 e. The van der Waals surface area contributed by atoms with Crippen LogP contribution in [0, 0.1) is 0 Å². The van der Waals surface area contributed by atoms with Crippen LogP contribution in [0.4, 0.5) is 4.11 Å². The van der Waals surface area contributed by atoms with Gasteiger partial charge in [-0.25, -0.2) is 0 Å². The first-order valence-electron chi connectivity index (χ1n) is 6.59. The minimum absolute atomic E-state index is 0.0163. The van der Waals surface area contributed by atoms with Crippen molar-refractivity contribution >= 4 is 17.2 Å². The molecule has 0 saturated carbocycles. The van der Waals surface area contributed by atoms with E-state index in [1.165, 1.54) is 0 Å². The van der Waals surface area contributed by atoms with Gasteiger partial charge in [-0.05, 0) is 11.1 Å². The Morgan fingerprint density at radius 1 is 0.765 bits per heavy atom. The fourth-order valence-electron chi connectivity index (χ4n) is 2.06. The van der Waals surface area contributed by atoms with E-state index in [0.717, 1.165) is 0 Å². The molecule has 0 radical (unpaired) electrons. The Labute approximate surface area is 108 Å². The van der Waals surface area contributed by atoms with Gasteiger partial charge in [0.2, 0.25) is 0 Å². The fraction of sp³-hybridized carbons (Fsp3) is 1.00. The molecular weight excluding hydrogens is 251 g/mol. The molecule has 0 rings (SSSR count). The lowest BCUT2D eigenvalue weighted by molar-refractivity contribution is 0.295. The van der Waals surface area contributed by atoms with Crippen LogP contribution in [0.1, 0.15) is 55.4 Å². The van der Waals surface area contributed by atoms with Crippen LogP contribution in [0.2, 0.25) is 22.2 Å². The molecule has 0 aromatic carbocycles. The van der Waals surface area contributed by atoms with E-state index in [-0.39, 0.29) is 22.2 Å². The third-order valence-electron chi connectivity index (χ3n) is 3.55. The molecule has 0 aromatic rings. The first-order valence-corrected chi connectivity index (χ1v) is 10.5. The average molecular weight is 281 g/mol. The van der Waals surface area contributed by atoms with Gasteiger partial charge in [-0.1, -0.05) is 55.4 Å². The van der Waals surface area contributed by atoms with E-state index in [2.05, 4.69) is 0 Å². The summed E-state index contributed by atoms with van der Waals surface area (Å²) in [7, 11) is -6.33. The first kappa shape index (κ1) is 17.3. The topological polar surface area (TPSA) is 29.5 Å². The van der Waals surface area contributed by atoms with Crippen molar-refractivity contribution in [3.8, 4) is 0 Å². The highest BCUT2D eigenvalue weighted by Gasteiger charge is 2.54. The van der Waals surface area contributed by atoms with Crippen LogP contribution in [0.5, 0.6) is 0 Å². The minimum atomic E-state index is -3.35. The molecule has 2 nitrogen and oxygen atoms in total. The lowest BCUT2D eigenvalue weighted by Crippen LogP contribution is -2.56. The third-order valence-corrected chi connectivity index (χ3v) is 12.6. The quantitative estimate of drug-likeness (QED) is 0.574. The Morgan fingerprint density at radius 3 is 1.24 bits per heavy atom. The molecule has 5 heteroatoms. The van der Waals surface area contributed by atoms with E-state index < -0.39 is 17.2 Å². The summed E-state index contributed by atoms with van der Waals surface area (Å²) in [5.41, 5.74) is -0.219. The molecule has 0 fully saturated rings. The van der Waals surface area contributed by atoms with E-state index in [4.69, 9.17) is 4.12 Å². The Bertz CT molecular complexity index is 203. The summed E-state index contributed by atoms with van der Waals surface area (Å²) in [5, 5.41) is 0. The second kappa shape index (κ2) is 5.95. The molecule has 0 aliphatic heterocycles. The molecule has 17 heavy (non-hydrogen) atoms. The SMILES string of the molecule is CC(C)[Si](O)(O[Si](F)(C(C)C)C(C)C)C(C)C. The maximum absolute atomic E-state index is 15.0. The van der Waals surface area contributed by atoms with Crippen molar-refractivity contribution in [3.05, 3.63) is 0 Å². The number of halogens is 1. The highest BCUT2D eigenvalue weighted by atomic mass is 28.5. The Kier molecular flexibility index (Phi) is 6.05. The zero-order valence-corrected chi connectivity index (χ0v) is 14.5. The van der Waals surface area contributed by atoms with Gasteiger partial charge in [0, 0.05) is 11.1 Å². The predicted octanol–water partition coefficient (Wildman–Crippen LogP) is 4.49. The molecule has 0 bridgehead atoms. The fourth-order valence-corrected chi connectivity index (χ4v) is 10.5. The third kappa shape index (κ3) is 3.62. The van der Waals surface area contributed by atoms with Gasteiger partial charge in [-0.3, -0.25) is 4.11 Å². The predicted molar refractivity (Wildman–Crippen MR) is 76.3 cm³/mol. The van der Waals surface area contributed by atoms with Gasteiger partial charge in [0.1, 0.15) is 0 Å². The standard InChI is InChI=1S/C12H29FO2Si2/c1-9(2)16(13,10(3)4)15-17(14,11(5)6)12(7)8/h9-12,14H,1-8H3. The van der Waals surface area contributed by atoms with Gasteiger partial charge in [-0.2, -0.15) is 0 Å². The van der Waals surface area contributed by atoms with Crippen LogP contribution in [-0.2, 0) is 4.12 Å². The zero-order chi connectivity index (χ0) is 14.0. The lowest BCUT2D eigenvalue weighted by atomic mass is 10.5. The summed E-state index contributed by atoms with van der Waals surface area (Å²) in [4.78, 5) is 10.7. The van der Waals surface area contributed by atoms with Crippen LogP contribution < -0.4 is 0 Å². The van der Waals surface area contributed by atoms with Gasteiger partial charge in [0.15, 0.2) is 0 Å². The number of hydrogen-bond acceptors (Lipinski definition) is 2. The first-order chi connectivity index (χ1) is 7.48. The molecule has 0 aromatic heterocycles. The molecule has 1 N–H and O–H groups in total. The molecule has 0 aliphatic carbocycles. The van der Waals surface area contributed by atoms with E-state index >= 15 is 4.11 Å². The minimum Gasteiger partial charge on any atom is -0.411 e. The second-order valence-electron chi connectivity index (χ2n) is 6.17. The summed E-state index contributed by atoms with van der Waals surface area (Å²) < 4.78 is 20.9. The highest BCUT2D eigenvalue weighted by molar-refractivity contribution is 6.82. The van der Waals surface area contributed by atoms with Gasteiger partial charge in [-0.15, -0.1) is 0 Å². The average Bonchev–Trinajstić information content (AvgIpc) is 2.15. The van der Waals surface area contributed by atoms with E-state index in [1.807, 2.05) is 55.4 Å². The Balaban J connectivity index is 5.22. The Morgan fingerprint density at radius 2 is 1.06 bits per heavy atom. The van der Waals surface area contributed by atoms with Gasteiger partial charge >= 0.3 is 17.2 Å². The van der Waals surface area contributed by atoms with Crippen LogP contribution >= 0.6 is 0 Å². The van der Waals surface area contributed by atoms with Crippen LogP contribution in [0.25, 0.3) is 0 Å². The van der Waals surface area contributed by atoms with Crippen molar-refractivity contribution in [1.29, 1.82) is 0 Å². The lowest BCUT2D eigenvalue weighted by Gasteiger charge is -2.41. The summed E-state index contributed by atoms with van der Waals surface area (Å²) in [6.07, 6.45) is 0. The molecule has 104 valence electrons. The molecule has 0 saturated heterocycles. The van der Waals surface area contributed by atoms with E-state index in [9.17, 15) is 4.80 Å². The Hall–Kier alpha value is 0.284. The molecular formula is C12H29FO2Si2. The van der Waals surface area contributed by atoms with E-state index in [1.54, 1.807) is 0 Å². The van der Waals surface area contributed by atoms with Crippen molar-refractivity contribution in [2.45, 2.75) is 77.6 Å². The van der Waals surface area contributed by atoms with Crippen molar-refractivity contribution in [1.82, 2.24) is 0 Å². The van der Waals surface area contributed by atoms with Crippen LogP contribution in [-0.4, -0.2) is 22.0 Å². The van der Waals surface area contributed by atoms with Crippen molar-refractivity contribution in [2.24, 2.45) is 0 Å².